The van der Waals surface area contributed by atoms with Crippen LogP contribution in [0, 0.1) is 5.41 Å². The van der Waals surface area contributed by atoms with Crippen LogP contribution in [0.1, 0.15) is 13.3 Å². The summed E-state index contributed by atoms with van der Waals surface area (Å²) in [4.78, 5) is 16.0. The summed E-state index contributed by atoms with van der Waals surface area (Å²) >= 11 is 0. The number of carboxylic acids is 1. The molecule has 0 aromatic heterocycles. The Morgan fingerprint density at radius 1 is 1.53 bits per heavy atom. The van der Waals surface area contributed by atoms with Gasteiger partial charge < -0.3 is 14.7 Å². The van der Waals surface area contributed by atoms with Gasteiger partial charge in [-0.25, -0.2) is 0 Å². The number of likely N-dealkylation sites (N-methyl/N-ethyl adjacent to an activating group) is 1. The van der Waals surface area contributed by atoms with Crippen LogP contribution in [-0.2, 0) is 9.53 Å². The molecule has 2 aliphatic rings. The third kappa shape index (κ3) is 2.61. The van der Waals surface area contributed by atoms with Crippen LogP contribution in [0.2, 0.25) is 0 Å². The van der Waals surface area contributed by atoms with E-state index in [0.29, 0.717) is 32.2 Å². The van der Waals surface area contributed by atoms with Crippen LogP contribution in [0.5, 0.6) is 0 Å². The van der Waals surface area contributed by atoms with Gasteiger partial charge in [0.25, 0.3) is 0 Å². The van der Waals surface area contributed by atoms with Crippen molar-refractivity contribution in [3.63, 3.8) is 0 Å². The highest BCUT2D eigenvalue weighted by atomic mass is 16.5. The second kappa shape index (κ2) is 4.92. The number of carbonyl (C=O) groups is 1. The minimum Gasteiger partial charge on any atom is -0.481 e. The summed E-state index contributed by atoms with van der Waals surface area (Å²) in [5.41, 5.74) is -0.671. The zero-order valence-corrected chi connectivity index (χ0v) is 10.7. The molecule has 0 radical (unpaired) electrons. The van der Waals surface area contributed by atoms with Gasteiger partial charge in [0.15, 0.2) is 0 Å². The van der Waals surface area contributed by atoms with Crippen LogP contribution in [0.4, 0.5) is 0 Å². The van der Waals surface area contributed by atoms with E-state index in [2.05, 4.69) is 23.8 Å². The molecule has 98 valence electrons. The Balaban J connectivity index is 1.97. The highest BCUT2D eigenvalue weighted by Crippen LogP contribution is 2.30. The maximum atomic E-state index is 11.4. The number of hydrogen-bond donors (Lipinski definition) is 1. The van der Waals surface area contributed by atoms with Crippen molar-refractivity contribution < 1.29 is 14.6 Å². The zero-order valence-electron chi connectivity index (χ0n) is 10.7. The van der Waals surface area contributed by atoms with Gasteiger partial charge in [-0.15, -0.1) is 0 Å². The van der Waals surface area contributed by atoms with E-state index < -0.39 is 11.4 Å². The van der Waals surface area contributed by atoms with Gasteiger partial charge in [-0.05, 0) is 20.4 Å². The molecule has 17 heavy (non-hydrogen) atoms. The van der Waals surface area contributed by atoms with Gasteiger partial charge in [0.2, 0.25) is 0 Å². The number of aliphatic carboxylic acids is 1. The van der Waals surface area contributed by atoms with E-state index in [4.69, 9.17) is 4.74 Å². The monoisotopic (exact) mass is 242 g/mol. The van der Waals surface area contributed by atoms with Crippen molar-refractivity contribution in [2.75, 3.05) is 46.4 Å². The van der Waals surface area contributed by atoms with E-state index >= 15 is 0 Å². The maximum Gasteiger partial charge on any atom is 0.313 e. The van der Waals surface area contributed by atoms with Gasteiger partial charge in [-0.1, -0.05) is 0 Å². The molecule has 0 aliphatic carbocycles. The summed E-state index contributed by atoms with van der Waals surface area (Å²) < 4.78 is 5.29. The highest BCUT2D eigenvalue weighted by molar-refractivity contribution is 5.75. The SMILES string of the molecule is CC1CN(CC2(C(=O)O)CCOC2)CCN1C. The van der Waals surface area contributed by atoms with Crippen LogP contribution < -0.4 is 0 Å². The third-order valence-corrected chi connectivity index (χ3v) is 4.13. The molecule has 0 spiro atoms. The normalized spacial score (nSPS) is 36.2. The minimum absolute atomic E-state index is 0.364. The second-order valence-corrected chi connectivity index (χ2v) is 5.45. The number of carboxylic acid groups (broad SMARTS) is 1. The third-order valence-electron chi connectivity index (χ3n) is 4.13. The van der Waals surface area contributed by atoms with E-state index in [1.165, 1.54) is 0 Å². The maximum absolute atomic E-state index is 11.4. The largest absolute Gasteiger partial charge is 0.481 e. The Labute approximate surface area is 102 Å². The van der Waals surface area contributed by atoms with Crippen LogP contribution in [-0.4, -0.2) is 73.4 Å². The van der Waals surface area contributed by atoms with Gasteiger partial charge in [-0.3, -0.25) is 9.69 Å². The van der Waals surface area contributed by atoms with Gasteiger partial charge in [-0.2, -0.15) is 0 Å². The quantitative estimate of drug-likeness (QED) is 0.761. The highest BCUT2D eigenvalue weighted by Gasteiger charge is 2.44. The van der Waals surface area contributed by atoms with E-state index in [-0.39, 0.29) is 0 Å². The van der Waals surface area contributed by atoms with Crippen molar-refractivity contribution >= 4 is 5.97 Å². The molecule has 0 aromatic rings. The fourth-order valence-electron chi connectivity index (χ4n) is 2.66. The fraction of sp³-hybridized carbons (Fsp3) is 0.917. The number of rotatable bonds is 3. The molecule has 2 saturated heterocycles. The lowest BCUT2D eigenvalue weighted by atomic mass is 9.86. The molecule has 2 aliphatic heterocycles. The molecular weight excluding hydrogens is 220 g/mol. The summed E-state index contributed by atoms with van der Waals surface area (Å²) in [6.07, 6.45) is 0.642. The molecule has 2 rings (SSSR count). The first-order chi connectivity index (χ1) is 8.03. The van der Waals surface area contributed by atoms with Crippen LogP contribution in [0.15, 0.2) is 0 Å². The number of hydrogen-bond acceptors (Lipinski definition) is 4. The van der Waals surface area contributed by atoms with Crippen molar-refractivity contribution in [2.45, 2.75) is 19.4 Å². The van der Waals surface area contributed by atoms with Crippen LogP contribution >= 0.6 is 0 Å². The average molecular weight is 242 g/mol. The number of ether oxygens (including phenoxy) is 1. The second-order valence-electron chi connectivity index (χ2n) is 5.45. The summed E-state index contributed by atoms with van der Waals surface area (Å²) in [5.74, 6) is -0.707. The summed E-state index contributed by atoms with van der Waals surface area (Å²) in [6, 6.07) is 0.497. The van der Waals surface area contributed by atoms with Crippen molar-refractivity contribution in [3.8, 4) is 0 Å². The molecule has 5 heteroatoms. The summed E-state index contributed by atoms with van der Waals surface area (Å²) in [5, 5.41) is 9.40. The minimum atomic E-state index is -0.707. The standard InChI is InChI=1S/C12H22N2O3/c1-10-7-14(5-4-13(10)2)8-12(11(15)16)3-6-17-9-12/h10H,3-9H2,1-2H3,(H,15,16). The van der Waals surface area contributed by atoms with E-state index in [9.17, 15) is 9.90 Å². The van der Waals surface area contributed by atoms with Gasteiger partial charge in [0, 0.05) is 38.8 Å². The molecule has 0 amide bonds. The first-order valence-corrected chi connectivity index (χ1v) is 6.27. The Bertz CT molecular complexity index is 289. The number of piperazine rings is 1. The van der Waals surface area contributed by atoms with Gasteiger partial charge in [0.05, 0.1) is 6.61 Å². The first kappa shape index (κ1) is 12.8. The molecule has 2 unspecified atom stereocenters. The van der Waals surface area contributed by atoms with E-state index in [0.717, 1.165) is 19.6 Å². The van der Waals surface area contributed by atoms with Crippen molar-refractivity contribution in [3.05, 3.63) is 0 Å². The lowest BCUT2D eigenvalue weighted by molar-refractivity contribution is -0.150. The van der Waals surface area contributed by atoms with Crippen LogP contribution in [0.3, 0.4) is 0 Å². The average Bonchev–Trinajstić information content (AvgIpc) is 2.73. The molecular formula is C12H22N2O3. The van der Waals surface area contributed by atoms with Gasteiger partial charge in [0.1, 0.15) is 5.41 Å². The zero-order chi connectivity index (χ0) is 12.5. The fourth-order valence-corrected chi connectivity index (χ4v) is 2.66. The van der Waals surface area contributed by atoms with Crippen molar-refractivity contribution in [2.24, 2.45) is 5.41 Å². The Morgan fingerprint density at radius 2 is 2.29 bits per heavy atom. The molecule has 0 bridgehead atoms. The molecule has 5 nitrogen and oxygen atoms in total. The molecule has 0 aromatic carbocycles. The summed E-state index contributed by atoms with van der Waals surface area (Å²) in [7, 11) is 2.12. The first-order valence-electron chi connectivity index (χ1n) is 6.27. The molecule has 0 saturated carbocycles. The Hall–Kier alpha value is -0.650. The lowest BCUT2D eigenvalue weighted by Gasteiger charge is -2.40. The Kier molecular flexibility index (Phi) is 3.70. The molecule has 2 atom stereocenters. The smallest absolute Gasteiger partial charge is 0.313 e. The number of nitrogens with zero attached hydrogens (tertiary/aromatic N) is 2. The molecule has 2 heterocycles. The Morgan fingerprint density at radius 3 is 2.82 bits per heavy atom. The van der Waals surface area contributed by atoms with E-state index in [1.807, 2.05) is 0 Å². The van der Waals surface area contributed by atoms with Crippen LogP contribution in [0.25, 0.3) is 0 Å². The van der Waals surface area contributed by atoms with Crippen molar-refractivity contribution in [1.29, 1.82) is 0 Å². The predicted molar refractivity (Wildman–Crippen MR) is 64.0 cm³/mol. The van der Waals surface area contributed by atoms with E-state index in [1.54, 1.807) is 0 Å². The molecule has 1 N–H and O–H groups in total. The lowest BCUT2D eigenvalue weighted by Crippen LogP contribution is -2.54. The van der Waals surface area contributed by atoms with Gasteiger partial charge >= 0.3 is 5.97 Å². The summed E-state index contributed by atoms with van der Waals surface area (Å²) in [6.45, 7) is 6.67. The predicted octanol–water partition coefficient (Wildman–Crippen LogP) is 0.114. The topological polar surface area (TPSA) is 53.0 Å². The molecule has 2 fully saturated rings. The van der Waals surface area contributed by atoms with Crippen molar-refractivity contribution in [1.82, 2.24) is 9.80 Å².